The summed E-state index contributed by atoms with van der Waals surface area (Å²) in [6.45, 7) is 4.11. The second kappa shape index (κ2) is 7.64. The Morgan fingerprint density at radius 1 is 1.26 bits per heavy atom. The molecule has 0 saturated carbocycles. The Kier molecular flexibility index (Phi) is 5.46. The third-order valence-electron chi connectivity index (χ3n) is 4.95. The maximum atomic E-state index is 12.6. The van der Waals surface area contributed by atoms with Gasteiger partial charge in [0.25, 0.3) is 5.91 Å². The van der Waals surface area contributed by atoms with Crippen LogP contribution in [0.5, 0.6) is 0 Å². The van der Waals surface area contributed by atoms with Crippen molar-refractivity contribution in [1.82, 2.24) is 15.1 Å². The number of carbonyl (C=O) groups excluding carboxylic acids is 1. The Labute approximate surface area is 159 Å². The van der Waals surface area contributed by atoms with E-state index in [4.69, 9.17) is 0 Å². The fourth-order valence-electron chi connectivity index (χ4n) is 3.27. The van der Waals surface area contributed by atoms with Crippen LogP contribution in [-0.2, 0) is 16.3 Å². The Hall–Kier alpha value is -2.48. The first-order valence-electron chi connectivity index (χ1n) is 8.97. The molecule has 7 nitrogen and oxygen atoms in total. The fourth-order valence-corrected chi connectivity index (χ4v) is 5.04. The topological polar surface area (TPSA) is 92.3 Å². The highest BCUT2D eigenvalue weighted by atomic mass is 32.2. The molecule has 0 aliphatic carbocycles. The van der Waals surface area contributed by atoms with Gasteiger partial charge in [0.05, 0.1) is 11.5 Å². The Bertz CT molecular complexity index is 942. The standard InChI is InChI=1S/C19H24N4O3S/c1-4-14-7-5-6-13(2)18(14)20-17-9-8-16(21-22-17)19(24)23(3)15-10-11-27(25,26)12-15/h5-9,15H,4,10-12H2,1-3H3,(H,20,22). The number of para-hydroxylation sites is 1. The van der Waals surface area contributed by atoms with E-state index in [1.54, 1.807) is 19.2 Å². The maximum Gasteiger partial charge on any atom is 0.274 e. The molecule has 1 saturated heterocycles. The zero-order valence-corrected chi connectivity index (χ0v) is 16.6. The Balaban J connectivity index is 1.73. The minimum Gasteiger partial charge on any atom is -0.338 e. The van der Waals surface area contributed by atoms with E-state index in [2.05, 4.69) is 28.5 Å². The number of aryl methyl sites for hydroxylation is 2. The lowest BCUT2D eigenvalue weighted by Crippen LogP contribution is -2.38. The van der Waals surface area contributed by atoms with Crippen LogP contribution in [0.1, 0.15) is 35.0 Å². The van der Waals surface area contributed by atoms with Gasteiger partial charge in [-0.05, 0) is 43.0 Å². The first-order valence-corrected chi connectivity index (χ1v) is 10.8. The van der Waals surface area contributed by atoms with E-state index in [1.807, 2.05) is 19.1 Å². The second-order valence-electron chi connectivity index (χ2n) is 6.86. The predicted molar refractivity (Wildman–Crippen MR) is 105 cm³/mol. The second-order valence-corrected chi connectivity index (χ2v) is 9.09. The summed E-state index contributed by atoms with van der Waals surface area (Å²) in [7, 11) is -1.43. The van der Waals surface area contributed by atoms with Crippen molar-refractivity contribution in [3.8, 4) is 0 Å². The van der Waals surface area contributed by atoms with Crippen molar-refractivity contribution in [3.05, 3.63) is 47.2 Å². The lowest BCUT2D eigenvalue weighted by atomic mass is 10.1. The smallest absolute Gasteiger partial charge is 0.274 e. The largest absolute Gasteiger partial charge is 0.338 e. The molecule has 144 valence electrons. The summed E-state index contributed by atoms with van der Waals surface area (Å²) >= 11 is 0. The third-order valence-corrected chi connectivity index (χ3v) is 6.70. The molecule has 1 fully saturated rings. The van der Waals surface area contributed by atoms with Crippen LogP contribution in [0.4, 0.5) is 11.5 Å². The summed E-state index contributed by atoms with van der Waals surface area (Å²) < 4.78 is 23.3. The van der Waals surface area contributed by atoms with Gasteiger partial charge < -0.3 is 10.2 Å². The highest BCUT2D eigenvalue weighted by Gasteiger charge is 2.33. The van der Waals surface area contributed by atoms with Crippen LogP contribution >= 0.6 is 0 Å². The molecule has 2 heterocycles. The molecule has 27 heavy (non-hydrogen) atoms. The number of nitrogens with zero attached hydrogens (tertiary/aromatic N) is 3. The number of rotatable bonds is 5. The van der Waals surface area contributed by atoms with Crippen LogP contribution in [-0.4, -0.2) is 54.0 Å². The summed E-state index contributed by atoms with van der Waals surface area (Å²) in [4.78, 5) is 14.0. The van der Waals surface area contributed by atoms with E-state index in [0.29, 0.717) is 12.2 Å². The lowest BCUT2D eigenvalue weighted by Gasteiger charge is -2.22. The molecule has 1 aromatic heterocycles. The fraction of sp³-hybridized carbons (Fsp3) is 0.421. The number of sulfone groups is 1. The van der Waals surface area contributed by atoms with Crippen molar-refractivity contribution in [2.24, 2.45) is 0 Å². The van der Waals surface area contributed by atoms with Crippen molar-refractivity contribution in [1.29, 1.82) is 0 Å². The monoisotopic (exact) mass is 388 g/mol. The van der Waals surface area contributed by atoms with Gasteiger partial charge in [-0.2, -0.15) is 0 Å². The molecule has 1 aliphatic rings. The highest BCUT2D eigenvalue weighted by Crippen LogP contribution is 2.24. The number of anilines is 2. The number of carbonyl (C=O) groups is 1. The molecule has 0 bridgehead atoms. The molecule has 1 atom stereocenters. The number of nitrogens with one attached hydrogen (secondary N) is 1. The summed E-state index contributed by atoms with van der Waals surface area (Å²) in [5.74, 6) is 0.373. The van der Waals surface area contributed by atoms with Gasteiger partial charge in [0.2, 0.25) is 0 Å². The molecule has 0 radical (unpaired) electrons. The molecule has 3 rings (SSSR count). The predicted octanol–water partition coefficient (Wildman–Crippen LogP) is 2.35. The van der Waals surface area contributed by atoms with Crippen molar-refractivity contribution in [2.45, 2.75) is 32.7 Å². The molecule has 1 aliphatic heterocycles. The van der Waals surface area contributed by atoms with Crippen LogP contribution in [0, 0.1) is 6.92 Å². The van der Waals surface area contributed by atoms with Gasteiger partial charge >= 0.3 is 0 Å². The minimum atomic E-state index is -3.05. The molecule has 0 spiro atoms. The molecule has 2 aromatic rings. The number of benzene rings is 1. The van der Waals surface area contributed by atoms with Gasteiger partial charge in [-0.3, -0.25) is 4.79 Å². The summed E-state index contributed by atoms with van der Waals surface area (Å²) in [6.07, 6.45) is 1.35. The van der Waals surface area contributed by atoms with Crippen LogP contribution in [0.3, 0.4) is 0 Å². The van der Waals surface area contributed by atoms with Crippen molar-refractivity contribution in [2.75, 3.05) is 23.9 Å². The molecular formula is C19H24N4O3S. The summed E-state index contributed by atoms with van der Waals surface area (Å²) in [5.41, 5.74) is 3.49. The van der Waals surface area contributed by atoms with Crippen molar-refractivity contribution in [3.63, 3.8) is 0 Å². The number of hydrogen-bond donors (Lipinski definition) is 1. The van der Waals surface area contributed by atoms with Crippen LogP contribution in [0.15, 0.2) is 30.3 Å². The molecule has 8 heteroatoms. The minimum absolute atomic E-state index is 0.00931. The van der Waals surface area contributed by atoms with Crippen LogP contribution in [0.25, 0.3) is 0 Å². The number of amides is 1. The van der Waals surface area contributed by atoms with Gasteiger partial charge in [-0.15, -0.1) is 10.2 Å². The average Bonchev–Trinajstić information content (AvgIpc) is 3.02. The first kappa shape index (κ1) is 19.3. The Morgan fingerprint density at radius 3 is 2.63 bits per heavy atom. The highest BCUT2D eigenvalue weighted by molar-refractivity contribution is 7.91. The van der Waals surface area contributed by atoms with E-state index in [0.717, 1.165) is 17.7 Å². The maximum absolute atomic E-state index is 12.6. The third kappa shape index (κ3) is 4.27. The zero-order chi connectivity index (χ0) is 19.6. The van der Waals surface area contributed by atoms with E-state index in [9.17, 15) is 13.2 Å². The van der Waals surface area contributed by atoms with E-state index in [-0.39, 0.29) is 29.1 Å². The molecular weight excluding hydrogens is 364 g/mol. The van der Waals surface area contributed by atoms with Gasteiger partial charge in [0, 0.05) is 18.8 Å². The van der Waals surface area contributed by atoms with Crippen LogP contribution < -0.4 is 5.32 Å². The molecule has 1 aromatic carbocycles. The summed E-state index contributed by atoms with van der Waals surface area (Å²) in [5, 5.41) is 11.4. The number of aromatic nitrogens is 2. The van der Waals surface area contributed by atoms with E-state index < -0.39 is 9.84 Å². The SMILES string of the molecule is CCc1cccc(C)c1Nc1ccc(C(=O)N(C)C2CCS(=O)(=O)C2)nn1. The Morgan fingerprint density at radius 2 is 2.04 bits per heavy atom. The quantitative estimate of drug-likeness (QED) is 0.845. The van der Waals surface area contributed by atoms with Crippen molar-refractivity contribution >= 4 is 27.2 Å². The molecule has 1 N–H and O–H groups in total. The van der Waals surface area contributed by atoms with Gasteiger partial charge in [0.15, 0.2) is 21.3 Å². The number of hydrogen-bond acceptors (Lipinski definition) is 6. The molecule has 1 unspecified atom stereocenters. The zero-order valence-electron chi connectivity index (χ0n) is 15.8. The van der Waals surface area contributed by atoms with E-state index in [1.165, 1.54) is 10.5 Å². The molecule has 1 amide bonds. The van der Waals surface area contributed by atoms with Gasteiger partial charge in [-0.1, -0.05) is 25.1 Å². The van der Waals surface area contributed by atoms with Crippen molar-refractivity contribution < 1.29 is 13.2 Å². The average molecular weight is 388 g/mol. The normalized spacial score (nSPS) is 18.3. The van der Waals surface area contributed by atoms with Gasteiger partial charge in [-0.25, -0.2) is 8.42 Å². The van der Waals surface area contributed by atoms with Gasteiger partial charge in [0.1, 0.15) is 0 Å². The first-order chi connectivity index (χ1) is 12.8. The van der Waals surface area contributed by atoms with Crippen LogP contribution in [0.2, 0.25) is 0 Å². The van der Waals surface area contributed by atoms with E-state index >= 15 is 0 Å². The summed E-state index contributed by atoms with van der Waals surface area (Å²) in [6, 6.07) is 9.13. The lowest BCUT2D eigenvalue weighted by molar-refractivity contribution is 0.0740.